The molecule has 0 aromatic heterocycles. The van der Waals surface area contributed by atoms with E-state index in [1.165, 1.54) is 19.2 Å². The molecule has 212 valence electrons. The van der Waals surface area contributed by atoms with Crippen LogP contribution in [-0.4, -0.2) is 72.9 Å². The molecule has 1 aromatic rings. The van der Waals surface area contributed by atoms with Crippen LogP contribution in [0.5, 0.6) is 0 Å². The van der Waals surface area contributed by atoms with Crippen LogP contribution in [0.15, 0.2) is 29.6 Å². The number of amides is 2. The van der Waals surface area contributed by atoms with E-state index in [9.17, 15) is 19.3 Å². The standard InChI is InChI=1S/C18H24Cl2N5O6P.C4H8O2/c1-29-30-31-32(28)10-25-7-5-11(6-8-25)23-18(27)16(22)14(9-21)24-17(26)15-12(19)3-2-4-13(15)20;1-4(2)6-3-5/h2-4,9,11,21,28H,5-8,10,22H2,1H3,(H,23,27)(H,24,26);3-4H,1-2H3/b16-14+,21-9?;. The number of carbonyl (C=O) groups excluding carboxylic acids is 3. The third-order valence-corrected chi connectivity index (χ3v) is 6.38. The SMILES string of the molecule is CC(C)OC=O.COOOP(O)CN1CCC(NC(=O)/C(N)=C(/C=N)NC(=O)c2c(Cl)cccc2Cl)CC1. The maximum atomic E-state index is 12.5. The molecule has 2 rings (SSSR count). The number of ether oxygens (including phenoxy) is 1. The van der Waals surface area contributed by atoms with Gasteiger partial charge in [0.25, 0.3) is 18.3 Å². The maximum Gasteiger partial charge on any atom is 0.293 e. The van der Waals surface area contributed by atoms with E-state index in [1.54, 1.807) is 19.9 Å². The summed E-state index contributed by atoms with van der Waals surface area (Å²) in [5, 5.41) is 17.2. The predicted octanol–water partition coefficient (Wildman–Crippen LogP) is 2.46. The zero-order valence-electron chi connectivity index (χ0n) is 21.1. The number of hydrogen-bond donors (Lipinski definition) is 5. The molecule has 1 atom stereocenters. The lowest BCUT2D eigenvalue weighted by Gasteiger charge is -2.32. The highest BCUT2D eigenvalue weighted by atomic mass is 35.5. The van der Waals surface area contributed by atoms with Gasteiger partial charge in [-0.15, -0.1) is 0 Å². The Morgan fingerprint density at radius 1 is 1.29 bits per heavy atom. The Balaban J connectivity index is 0.00000107. The van der Waals surface area contributed by atoms with Crippen LogP contribution < -0.4 is 16.4 Å². The van der Waals surface area contributed by atoms with Crippen LogP contribution in [-0.2, 0) is 28.9 Å². The zero-order chi connectivity index (χ0) is 28.7. The molecule has 0 aliphatic carbocycles. The van der Waals surface area contributed by atoms with Gasteiger partial charge in [-0.25, -0.2) is 4.89 Å². The van der Waals surface area contributed by atoms with Gasteiger partial charge in [0.2, 0.25) is 8.38 Å². The highest BCUT2D eigenvalue weighted by molar-refractivity contribution is 7.45. The minimum Gasteiger partial charge on any atom is -0.465 e. The van der Waals surface area contributed by atoms with Crippen molar-refractivity contribution in [3.8, 4) is 0 Å². The first kappa shape index (κ1) is 33.7. The molecule has 1 saturated heterocycles. The van der Waals surface area contributed by atoms with Crippen LogP contribution in [0.4, 0.5) is 0 Å². The van der Waals surface area contributed by atoms with Crippen LogP contribution in [0, 0.1) is 5.41 Å². The van der Waals surface area contributed by atoms with Crippen molar-refractivity contribution in [3.63, 3.8) is 0 Å². The molecule has 16 heteroatoms. The molecular weight excluding hydrogens is 564 g/mol. The summed E-state index contributed by atoms with van der Waals surface area (Å²) >= 11 is 12.0. The molecule has 2 amide bonds. The number of rotatable bonds is 12. The van der Waals surface area contributed by atoms with E-state index in [-0.39, 0.29) is 45.4 Å². The lowest BCUT2D eigenvalue weighted by Crippen LogP contribution is -2.46. The van der Waals surface area contributed by atoms with E-state index >= 15 is 0 Å². The molecule has 0 spiro atoms. The molecule has 0 saturated carbocycles. The van der Waals surface area contributed by atoms with Crippen molar-refractivity contribution in [2.24, 2.45) is 5.73 Å². The largest absolute Gasteiger partial charge is 0.465 e. The van der Waals surface area contributed by atoms with Gasteiger partial charge in [0.15, 0.2) is 0 Å². The Morgan fingerprint density at radius 2 is 1.89 bits per heavy atom. The Morgan fingerprint density at radius 3 is 2.37 bits per heavy atom. The summed E-state index contributed by atoms with van der Waals surface area (Å²) in [4.78, 5) is 50.4. The number of benzene rings is 1. The highest BCUT2D eigenvalue weighted by Crippen LogP contribution is 2.33. The summed E-state index contributed by atoms with van der Waals surface area (Å²) in [6.45, 7) is 5.25. The Bertz CT molecular complexity index is 957. The van der Waals surface area contributed by atoms with Gasteiger partial charge in [-0.3, -0.25) is 19.3 Å². The Hall–Kier alpha value is -2.35. The van der Waals surface area contributed by atoms with E-state index in [4.69, 9.17) is 34.3 Å². The second kappa shape index (κ2) is 18.0. The number of likely N-dealkylation sites (tertiary alicyclic amines) is 1. The lowest BCUT2D eigenvalue weighted by molar-refractivity contribution is -0.454. The number of hydrogen-bond acceptors (Lipinski definition) is 11. The minimum absolute atomic E-state index is 0.0134. The van der Waals surface area contributed by atoms with Crippen LogP contribution in [0.25, 0.3) is 0 Å². The van der Waals surface area contributed by atoms with Gasteiger partial charge < -0.3 is 31.4 Å². The molecule has 0 bridgehead atoms. The van der Waals surface area contributed by atoms with Crippen LogP contribution >= 0.6 is 31.6 Å². The molecule has 6 N–H and O–H groups in total. The normalized spacial score (nSPS) is 15.4. The number of nitrogens with zero attached hydrogens (tertiary/aromatic N) is 1. The maximum absolute atomic E-state index is 12.5. The predicted molar refractivity (Wildman–Crippen MR) is 142 cm³/mol. The molecule has 38 heavy (non-hydrogen) atoms. The van der Waals surface area contributed by atoms with Crippen molar-refractivity contribution >= 4 is 56.1 Å². The third-order valence-electron chi connectivity index (χ3n) is 4.87. The minimum atomic E-state index is -1.81. The second-order valence-electron chi connectivity index (χ2n) is 7.97. The molecular formula is C22H32Cl2N5O8P. The fourth-order valence-electron chi connectivity index (χ4n) is 3.06. The molecule has 1 unspecified atom stereocenters. The number of halogens is 2. The number of carbonyl (C=O) groups is 3. The molecule has 1 heterocycles. The topological polar surface area (TPSA) is 186 Å². The van der Waals surface area contributed by atoms with Crippen molar-refractivity contribution in [1.82, 2.24) is 15.5 Å². The average Bonchev–Trinajstić information content (AvgIpc) is 2.87. The smallest absolute Gasteiger partial charge is 0.293 e. The van der Waals surface area contributed by atoms with Crippen molar-refractivity contribution in [2.45, 2.75) is 38.8 Å². The number of allylic oxidation sites excluding steroid dienone is 1. The first-order valence-electron chi connectivity index (χ1n) is 11.3. The summed E-state index contributed by atoms with van der Waals surface area (Å²) < 4.78 is 8.99. The van der Waals surface area contributed by atoms with Crippen LogP contribution in [0.2, 0.25) is 10.0 Å². The fraction of sp³-hybridized carbons (Fsp3) is 0.455. The van der Waals surface area contributed by atoms with E-state index in [1.807, 2.05) is 4.90 Å². The van der Waals surface area contributed by atoms with Gasteiger partial charge in [-0.1, -0.05) is 34.3 Å². The molecule has 1 aliphatic rings. The monoisotopic (exact) mass is 595 g/mol. The Kier molecular flexibility index (Phi) is 16.0. The van der Waals surface area contributed by atoms with Gasteiger partial charge in [-0.2, -0.15) is 4.67 Å². The van der Waals surface area contributed by atoms with Gasteiger partial charge in [0.1, 0.15) is 5.70 Å². The van der Waals surface area contributed by atoms with E-state index < -0.39 is 20.2 Å². The third kappa shape index (κ3) is 12.0. The fourth-order valence-corrected chi connectivity index (χ4v) is 4.43. The molecule has 13 nitrogen and oxygen atoms in total. The molecule has 1 fully saturated rings. The zero-order valence-corrected chi connectivity index (χ0v) is 23.5. The summed E-state index contributed by atoms with van der Waals surface area (Å²) in [7, 11) is -0.552. The quantitative estimate of drug-likeness (QED) is 0.0600. The van der Waals surface area contributed by atoms with Gasteiger partial charge in [-0.05, 0) is 38.8 Å². The molecule has 1 aliphatic heterocycles. The first-order chi connectivity index (χ1) is 18.0. The summed E-state index contributed by atoms with van der Waals surface area (Å²) in [6.07, 6.45) is 2.29. The van der Waals surface area contributed by atoms with E-state index in [0.29, 0.717) is 32.4 Å². The van der Waals surface area contributed by atoms with Crippen LogP contribution in [0.3, 0.4) is 0 Å². The Labute approximate surface area is 231 Å². The van der Waals surface area contributed by atoms with E-state index in [0.717, 1.165) is 6.21 Å². The van der Waals surface area contributed by atoms with Crippen molar-refractivity contribution in [1.29, 1.82) is 5.41 Å². The number of piperidine rings is 1. The molecule has 1 aromatic carbocycles. The van der Waals surface area contributed by atoms with Gasteiger partial charge in [0, 0.05) is 25.3 Å². The number of nitrogens with one attached hydrogen (secondary N) is 3. The van der Waals surface area contributed by atoms with Crippen molar-refractivity contribution < 1.29 is 38.6 Å². The van der Waals surface area contributed by atoms with Gasteiger partial charge in [0.05, 0.1) is 40.8 Å². The second-order valence-corrected chi connectivity index (χ2v) is 9.92. The van der Waals surface area contributed by atoms with Crippen molar-refractivity contribution in [2.75, 3.05) is 26.5 Å². The lowest BCUT2D eigenvalue weighted by atomic mass is 10.1. The summed E-state index contributed by atoms with van der Waals surface area (Å²) in [6, 6.07) is 4.41. The van der Waals surface area contributed by atoms with Crippen molar-refractivity contribution in [3.05, 3.63) is 45.2 Å². The highest BCUT2D eigenvalue weighted by Gasteiger charge is 2.25. The average molecular weight is 596 g/mol. The summed E-state index contributed by atoms with van der Waals surface area (Å²) in [5.74, 6) is -1.31. The number of nitrogens with two attached hydrogens (primary N) is 1. The first-order valence-corrected chi connectivity index (χ1v) is 13.4. The summed E-state index contributed by atoms with van der Waals surface area (Å²) in [5.41, 5.74) is 5.40. The van der Waals surface area contributed by atoms with E-state index in [2.05, 4.69) is 30.0 Å². The van der Waals surface area contributed by atoms with Crippen LogP contribution in [0.1, 0.15) is 37.0 Å². The molecule has 0 radical (unpaired) electrons. The van der Waals surface area contributed by atoms with Gasteiger partial charge >= 0.3 is 0 Å².